The maximum absolute atomic E-state index is 12.0. The van der Waals surface area contributed by atoms with E-state index in [2.05, 4.69) is 24.6 Å². The summed E-state index contributed by atoms with van der Waals surface area (Å²) in [4.78, 5) is 0. The molecule has 0 aromatic carbocycles. The number of nitrogens with zero attached hydrogens (tertiary/aromatic N) is 1. The second kappa shape index (κ2) is 8.82. The second-order valence-corrected chi connectivity index (χ2v) is 8.25. The van der Waals surface area contributed by atoms with E-state index >= 15 is 0 Å². The van der Waals surface area contributed by atoms with Gasteiger partial charge in [-0.05, 0) is 25.7 Å². The molecule has 1 aliphatic rings. The summed E-state index contributed by atoms with van der Waals surface area (Å²) in [6.07, 6.45) is 2.78. The first-order chi connectivity index (χ1) is 10.3. The summed E-state index contributed by atoms with van der Waals surface area (Å²) in [6, 6.07) is 2.08. The quantitative estimate of drug-likeness (QED) is 0.696. The fourth-order valence-electron chi connectivity index (χ4n) is 2.34. The average molecular weight is 332 g/mol. The molecule has 7 heteroatoms. The molecule has 1 aliphatic heterocycles. The Morgan fingerprint density at radius 3 is 2.45 bits per heavy atom. The van der Waals surface area contributed by atoms with E-state index in [0.717, 1.165) is 12.8 Å². The number of nitrogens with one attached hydrogen (secondary N) is 1. The van der Waals surface area contributed by atoms with E-state index in [0.29, 0.717) is 32.0 Å². The van der Waals surface area contributed by atoms with E-state index in [1.807, 2.05) is 6.92 Å². The van der Waals surface area contributed by atoms with Gasteiger partial charge in [-0.3, -0.25) is 0 Å². The molecule has 1 unspecified atom stereocenters. The van der Waals surface area contributed by atoms with Crippen molar-refractivity contribution >= 4 is 10.0 Å². The predicted octanol–water partition coefficient (Wildman–Crippen LogP) is 1.82. The normalized spacial score (nSPS) is 19.8. The van der Waals surface area contributed by atoms with Crippen molar-refractivity contribution in [2.24, 2.45) is 5.92 Å². The molecule has 0 amide bonds. The zero-order valence-corrected chi connectivity index (χ0v) is 14.6. The van der Waals surface area contributed by atoms with Gasteiger partial charge in [0.15, 0.2) is 5.60 Å². The lowest BCUT2D eigenvalue weighted by atomic mass is 9.96. The standard InChI is InChI=1S/C15H28N2O4S/c1-13(2)4-5-14(3)17-22(18,19)11-10-21-15(12-16)6-8-20-9-7-15/h13-14,17H,4-11H2,1-3H3. The molecule has 0 radical (unpaired) electrons. The van der Waals surface area contributed by atoms with E-state index in [9.17, 15) is 13.7 Å². The van der Waals surface area contributed by atoms with Crippen molar-refractivity contribution in [2.75, 3.05) is 25.6 Å². The molecule has 0 aliphatic carbocycles. The van der Waals surface area contributed by atoms with Crippen LogP contribution in [0.1, 0.15) is 46.5 Å². The summed E-state index contributed by atoms with van der Waals surface area (Å²) in [5, 5.41) is 9.24. The highest BCUT2D eigenvalue weighted by molar-refractivity contribution is 7.89. The first-order valence-corrected chi connectivity index (χ1v) is 9.57. The summed E-state index contributed by atoms with van der Waals surface area (Å²) in [7, 11) is -3.38. The predicted molar refractivity (Wildman–Crippen MR) is 84.8 cm³/mol. The molecular weight excluding hydrogens is 304 g/mol. The molecule has 1 rings (SSSR count). The molecule has 0 bridgehead atoms. The van der Waals surface area contributed by atoms with Crippen LogP contribution in [0.4, 0.5) is 0 Å². The zero-order chi connectivity index (χ0) is 16.6. The molecular formula is C15H28N2O4S. The van der Waals surface area contributed by atoms with Gasteiger partial charge in [-0.15, -0.1) is 0 Å². The highest BCUT2D eigenvalue weighted by atomic mass is 32.2. The number of hydrogen-bond acceptors (Lipinski definition) is 5. The van der Waals surface area contributed by atoms with E-state index in [1.54, 1.807) is 0 Å². The Kier molecular flexibility index (Phi) is 7.77. The van der Waals surface area contributed by atoms with Crippen molar-refractivity contribution in [3.05, 3.63) is 0 Å². The largest absolute Gasteiger partial charge is 0.381 e. The summed E-state index contributed by atoms with van der Waals surface area (Å²) >= 11 is 0. The van der Waals surface area contributed by atoms with Gasteiger partial charge >= 0.3 is 0 Å². The monoisotopic (exact) mass is 332 g/mol. The number of hydrogen-bond donors (Lipinski definition) is 1. The maximum Gasteiger partial charge on any atom is 0.214 e. The molecule has 128 valence electrons. The number of rotatable bonds is 9. The van der Waals surface area contributed by atoms with Gasteiger partial charge in [-0.1, -0.05) is 13.8 Å². The topological polar surface area (TPSA) is 88.4 Å². The molecule has 1 N–H and O–H groups in total. The van der Waals surface area contributed by atoms with Gasteiger partial charge in [0, 0.05) is 18.9 Å². The van der Waals surface area contributed by atoms with Gasteiger partial charge in [0.2, 0.25) is 10.0 Å². The Morgan fingerprint density at radius 2 is 1.91 bits per heavy atom. The van der Waals surface area contributed by atoms with E-state index < -0.39 is 15.6 Å². The van der Waals surface area contributed by atoms with Crippen molar-refractivity contribution in [2.45, 2.75) is 58.1 Å². The molecule has 1 saturated heterocycles. The third kappa shape index (κ3) is 7.05. The highest BCUT2D eigenvalue weighted by Gasteiger charge is 2.34. The van der Waals surface area contributed by atoms with E-state index in [1.165, 1.54) is 0 Å². The third-order valence-corrected chi connectivity index (χ3v) is 5.26. The van der Waals surface area contributed by atoms with Crippen LogP contribution in [0, 0.1) is 17.2 Å². The van der Waals surface area contributed by atoms with Gasteiger partial charge in [-0.25, -0.2) is 13.1 Å². The Bertz CT molecular complexity index is 464. The summed E-state index contributed by atoms with van der Waals surface area (Å²) in [5.41, 5.74) is -0.892. The molecule has 1 atom stereocenters. The van der Waals surface area contributed by atoms with Crippen molar-refractivity contribution in [1.82, 2.24) is 4.72 Å². The minimum absolute atomic E-state index is 0.0276. The molecule has 0 aromatic rings. The Morgan fingerprint density at radius 1 is 1.27 bits per heavy atom. The average Bonchev–Trinajstić information content (AvgIpc) is 2.45. The molecule has 0 saturated carbocycles. The lowest BCUT2D eigenvalue weighted by Crippen LogP contribution is -2.40. The molecule has 0 aromatic heterocycles. The lowest BCUT2D eigenvalue weighted by Gasteiger charge is -2.30. The van der Waals surface area contributed by atoms with Crippen LogP contribution in [-0.4, -0.2) is 45.6 Å². The van der Waals surface area contributed by atoms with Gasteiger partial charge < -0.3 is 9.47 Å². The van der Waals surface area contributed by atoms with Crippen molar-refractivity contribution < 1.29 is 17.9 Å². The minimum atomic E-state index is -3.38. The van der Waals surface area contributed by atoms with Crippen LogP contribution in [0.25, 0.3) is 0 Å². The zero-order valence-electron chi connectivity index (χ0n) is 13.8. The van der Waals surface area contributed by atoms with Crippen molar-refractivity contribution in [3.8, 4) is 6.07 Å². The Hall–Kier alpha value is -0.680. The van der Waals surface area contributed by atoms with Crippen LogP contribution in [0.5, 0.6) is 0 Å². The molecule has 22 heavy (non-hydrogen) atoms. The van der Waals surface area contributed by atoms with Crippen LogP contribution in [0.3, 0.4) is 0 Å². The maximum atomic E-state index is 12.0. The second-order valence-electron chi connectivity index (χ2n) is 6.38. The van der Waals surface area contributed by atoms with Crippen LogP contribution < -0.4 is 4.72 Å². The summed E-state index contributed by atoms with van der Waals surface area (Å²) < 4.78 is 37.5. The SMILES string of the molecule is CC(C)CCC(C)NS(=O)(=O)CCOC1(C#N)CCOCC1. The van der Waals surface area contributed by atoms with Gasteiger partial charge in [-0.2, -0.15) is 5.26 Å². The smallest absolute Gasteiger partial charge is 0.214 e. The molecule has 1 fully saturated rings. The molecule has 6 nitrogen and oxygen atoms in total. The van der Waals surface area contributed by atoms with Crippen LogP contribution in [-0.2, 0) is 19.5 Å². The van der Waals surface area contributed by atoms with Gasteiger partial charge in [0.1, 0.15) is 0 Å². The molecule has 0 spiro atoms. The fourth-order valence-corrected chi connectivity index (χ4v) is 3.50. The van der Waals surface area contributed by atoms with Crippen LogP contribution in [0.15, 0.2) is 0 Å². The summed E-state index contributed by atoms with van der Waals surface area (Å²) in [5.74, 6) is 0.433. The number of ether oxygens (including phenoxy) is 2. The number of sulfonamides is 1. The van der Waals surface area contributed by atoms with Crippen LogP contribution in [0.2, 0.25) is 0 Å². The lowest BCUT2D eigenvalue weighted by molar-refractivity contribution is -0.0709. The van der Waals surface area contributed by atoms with Crippen LogP contribution >= 0.6 is 0 Å². The van der Waals surface area contributed by atoms with E-state index in [4.69, 9.17) is 9.47 Å². The van der Waals surface area contributed by atoms with Gasteiger partial charge in [0.25, 0.3) is 0 Å². The highest BCUT2D eigenvalue weighted by Crippen LogP contribution is 2.24. The first kappa shape index (κ1) is 19.4. The van der Waals surface area contributed by atoms with Gasteiger partial charge in [0.05, 0.1) is 31.6 Å². The number of nitriles is 1. The summed E-state index contributed by atoms with van der Waals surface area (Å²) in [6.45, 7) is 7.08. The van der Waals surface area contributed by atoms with Crippen molar-refractivity contribution in [3.63, 3.8) is 0 Å². The Balaban J connectivity index is 2.37. The van der Waals surface area contributed by atoms with E-state index in [-0.39, 0.29) is 18.4 Å². The third-order valence-electron chi connectivity index (χ3n) is 3.79. The Labute approximate surface area is 134 Å². The molecule has 1 heterocycles. The fraction of sp³-hybridized carbons (Fsp3) is 0.933. The first-order valence-electron chi connectivity index (χ1n) is 7.91. The minimum Gasteiger partial charge on any atom is -0.381 e. The van der Waals surface area contributed by atoms with Crippen molar-refractivity contribution in [1.29, 1.82) is 5.26 Å².